The van der Waals surface area contributed by atoms with Crippen molar-refractivity contribution in [3.63, 3.8) is 0 Å². The van der Waals surface area contributed by atoms with Gasteiger partial charge in [-0.3, -0.25) is 0 Å². The van der Waals surface area contributed by atoms with Crippen LogP contribution in [0, 0.1) is 11.8 Å². The van der Waals surface area contributed by atoms with Gasteiger partial charge in [0.2, 0.25) is 0 Å². The topological polar surface area (TPSA) is 24.5 Å². The van der Waals surface area contributed by atoms with Crippen LogP contribution in [-0.2, 0) is 6.54 Å². The van der Waals surface area contributed by atoms with Gasteiger partial charge in [0.25, 0.3) is 0 Å². The highest BCUT2D eigenvalue weighted by atomic mass is 16.5. The molecule has 1 aliphatic rings. The zero-order valence-electron chi connectivity index (χ0n) is 14.1. The molecule has 0 aliphatic heterocycles. The summed E-state index contributed by atoms with van der Waals surface area (Å²) in [5.41, 5.74) is 2.46. The molecule has 21 heavy (non-hydrogen) atoms. The van der Waals surface area contributed by atoms with E-state index >= 15 is 0 Å². The number of benzene rings is 1. The van der Waals surface area contributed by atoms with Crippen molar-refractivity contribution < 1.29 is 4.74 Å². The minimum atomic E-state index is 0.569. The van der Waals surface area contributed by atoms with E-state index < -0.39 is 0 Å². The second kappa shape index (κ2) is 7.17. The standard InChI is InChI=1S/C18H30N2O/c1-13-6-8-16(10-14(13)2)19-17-11-15(12-20(3)4)7-9-18(17)21-5/h7,9,11,13-14,16,19H,6,8,10,12H2,1-5H3. The van der Waals surface area contributed by atoms with Crippen LogP contribution in [0.1, 0.15) is 38.7 Å². The summed E-state index contributed by atoms with van der Waals surface area (Å²) in [6.45, 7) is 5.70. The summed E-state index contributed by atoms with van der Waals surface area (Å²) in [7, 11) is 5.95. The summed E-state index contributed by atoms with van der Waals surface area (Å²) in [6, 6.07) is 7.03. The second-order valence-corrected chi connectivity index (χ2v) is 6.88. The van der Waals surface area contributed by atoms with Crippen molar-refractivity contribution in [2.75, 3.05) is 26.5 Å². The average Bonchev–Trinajstić information content (AvgIpc) is 2.43. The third-order valence-corrected chi connectivity index (χ3v) is 4.72. The van der Waals surface area contributed by atoms with Crippen LogP contribution in [0.15, 0.2) is 18.2 Å². The number of hydrogen-bond donors (Lipinski definition) is 1. The van der Waals surface area contributed by atoms with Crippen molar-refractivity contribution in [1.29, 1.82) is 0 Å². The largest absolute Gasteiger partial charge is 0.495 e. The van der Waals surface area contributed by atoms with Gasteiger partial charge >= 0.3 is 0 Å². The van der Waals surface area contributed by atoms with E-state index in [1.54, 1.807) is 7.11 Å². The molecule has 2 rings (SSSR count). The summed E-state index contributed by atoms with van der Waals surface area (Å²) >= 11 is 0. The third kappa shape index (κ3) is 4.37. The first-order valence-electron chi connectivity index (χ1n) is 8.07. The Morgan fingerprint density at radius 2 is 1.95 bits per heavy atom. The minimum absolute atomic E-state index is 0.569. The van der Waals surface area contributed by atoms with Gasteiger partial charge in [-0.1, -0.05) is 19.9 Å². The molecule has 1 aliphatic carbocycles. The highest BCUT2D eigenvalue weighted by Crippen LogP contribution is 2.33. The lowest BCUT2D eigenvalue weighted by Crippen LogP contribution is -2.30. The van der Waals surface area contributed by atoms with Gasteiger partial charge in [-0.2, -0.15) is 0 Å². The molecule has 0 saturated heterocycles. The SMILES string of the molecule is COc1ccc(CN(C)C)cc1NC1CCC(C)C(C)C1. The fourth-order valence-electron chi connectivity index (χ4n) is 3.23. The van der Waals surface area contributed by atoms with E-state index in [1.165, 1.54) is 24.8 Å². The monoisotopic (exact) mass is 290 g/mol. The van der Waals surface area contributed by atoms with Crippen molar-refractivity contribution in [1.82, 2.24) is 4.90 Å². The lowest BCUT2D eigenvalue weighted by atomic mass is 9.79. The minimum Gasteiger partial charge on any atom is -0.495 e. The van der Waals surface area contributed by atoms with E-state index in [2.05, 4.69) is 56.4 Å². The van der Waals surface area contributed by atoms with Crippen LogP contribution in [0.5, 0.6) is 5.75 Å². The Balaban J connectivity index is 2.10. The van der Waals surface area contributed by atoms with Crippen LogP contribution < -0.4 is 10.1 Å². The molecule has 0 bridgehead atoms. The van der Waals surface area contributed by atoms with Gasteiger partial charge in [0, 0.05) is 12.6 Å². The van der Waals surface area contributed by atoms with Crippen molar-refractivity contribution in [2.45, 2.75) is 45.7 Å². The van der Waals surface area contributed by atoms with Gasteiger partial charge in [-0.25, -0.2) is 0 Å². The summed E-state index contributed by atoms with van der Waals surface area (Å²) in [5.74, 6) is 2.60. The fourth-order valence-corrected chi connectivity index (χ4v) is 3.23. The number of hydrogen-bond acceptors (Lipinski definition) is 3. The van der Waals surface area contributed by atoms with Gasteiger partial charge in [-0.15, -0.1) is 0 Å². The molecule has 1 N–H and O–H groups in total. The van der Waals surface area contributed by atoms with Crippen molar-refractivity contribution >= 4 is 5.69 Å². The number of rotatable bonds is 5. The highest BCUT2D eigenvalue weighted by molar-refractivity contribution is 5.58. The molecule has 0 aromatic heterocycles. The zero-order chi connectivity index (χ0) is 15.4. The number of nitrogens with one attached hydrogen (secondary N) is 1. The summed E-state index contributed by atoms with van der Waals surface area (Å²) in [4.78, 5) is 2.19. The van der Waals surface area contributed by atoms with Gasteiger partial charge in [0.1, 0.15) is 5.75 Å². The Bertz CT molecular complexity index is 459. The van der Waals surface area contributed by atoms with Crippen LogP contribution in [0.3, 0.4) is 0 Å². The van der Waals surface area contributed by atoms with Crippen molar-refractivity contribution in [2.24, 2.45) is 11.8 Å². The normalized spacial score (nSPS) is 25.9. The molecular weight excluding hydrogens is 260 g/mol. The lowest BCUT2D eigenvalue weighted by Gasteiger charge is -2.33. The Labute approximate surface area is 129 Å². The maximum atomic E-state index is 5.52. The lowest BCUT2D eigenvalue weighted by molar-refractivity contribution is 0.260. The smallest absolute Gasteiger partial charge is 0.141 e. The molecule has 118 valence electrons. The number of anilines is 1. The molecule has 1 aromatic carbocycles. The Morgan fingerprint density at radius 3 is 2.57 bits per heavy atom. The van der Waals surface area contributed by atoms with Gasteiger partial charge < -0.3 is 15.0 Å². The van der Waals surface area contributed by atoms with Crippen LogP contribution in [0.2, 0.25) is 0 Å². The molecule has 1 aromatic rings. The summed E-state index contributed by atoms with van der Waals surface area (Å²) in [6.07, 6.45) is 3.83. The van der Waals surface area contributed by atoms with Crippen LogP contribution >= 0.6 is 0 Å². The van der Waals surface area contributed by atoms with E-state index in [0.29, 0.717) is 6.04 Å². The Kier molecular flexibility index (Phi) is 5.51. The molecule has 0 amide bonds. The molecule has 3 unspecified atom stereocenters. The zero-order valence-corrected chi connectivity index (χ0v) is 14.1. The summed E-state index contributed by atoms with van der Waals surface area (Å²) < 4.78 is 5.52. The average molecular weight is 290 g/mol. The summed E-state index contributed by atoms with van der Waals surface area (Å²) in [5, 5.41) is 3.72. The maximum Gasteiger partial charge on any atom is 0.141 e. The van der Waals surface area contributed by atoms with Crippen LogP contribution in [0.25, 0.3) is 0 Å². The molecule has 3 heteroatoms. The number of nitrogens with zero attached hydrogens (tertiary/aromatic N) is 1. The first-order chi connectivity index (χ1) is 9.99. The van der Waals surface area contributed by atoms with Crippen LogP contribution in [-0.4, -0.2) is 32.1 Å². The van der Waals surface area contributed by atoms with Gasteiger partial charge in [-0.05, 0) is 62.9 Å². The Hall–Kier alpha value is -1.22. The maximum absolute atomic E-state index is 5.52. The van der Waals surface area contributed by atoms with Gasteiger partial charge in [0.05, 0.1) is 12.8 Å². The molecule has 1 saturated carbocycles. The van der Waals surface area contributed by atoms with Crippen molar-refractivity contribution in [3.05, 3.63) is 23.8 Å². The highest BCUT2D eigenvalue weighted by Gasteiger charge is 2.25. The fraction of sp³-hybridized carbons (Fsp3) is 0.667. The van der Waals surface area contributed by atoms with E-state index in [4.69, 9.17) is 4.74 Å². The molecule has 0 heterocycles. The van der Waals surface area contributed by atoms with Gasteiger partial charge in [0.15, 0.2) is 0 Å². The van der Waals surface area contributed by atoms with E-state index in [9.17, 15) is 0 Å². The number of ether oxygens (including phenoxy) is 1. The first-order valence-corrected chi connectivity index (χ1v) is 8.07. The molecular formula is C18H30N2O. The third-order valence-electron chi connectivity index (χ3n) is 4.72. The first kappa shape index (κ1) is 16.2. The molecule has 1 fully saturated rings. The number of methoxy groups -OCH3 is 1. The Morgan fingerprint density at radius 1 is 1.19 bits per heavy atom. The van der Waals surface area contributed by atoms with Crippen LogP contribution in [0.4, 0.5) is 5.69 Å². The predicted molar refractivity (Wildman–Crippen MR) is 90.0 cm³/mol. The molecule has 3 nitrogen and oxygen atoms in total. The molecule has 0 radical (unpaired) electrons. The van der Waals surface area contributed by atoms with E-state index in [1.807, 2.05) is 0 Å². The van der Waals surface area contributed by atoms with E-state index in [-0.39, 0.29) is 0 Å². The van der Waals surface area contributed by atoms with E-state index in [0.717, 1.165) is 29.8 Å². The molecule has 0 spiro atoms. The molecule has 3 atom stereocenters. The quantitative estimate of drug-likeness (QED) is 0.887. The predicted octanol–water partition coefficient (Wildman–Crippen LogP) is 3.99. The van der Waals surface area contributed by atoms with Crippen molar-refractivity contribution in [3.8, 4) is 5.75 Å². The second-order valence-electron chi connectivity index (χ2n) is 6.88.